The fourth-order valence-electron chi connectivity index (χ4n) is 3.38. The maximum absolute atomic E-state index is 12.6. The molecule has 2 N–H and O–H groups in total. The summed E-state index contributed by atoms with van der Waals surface area (Å²) in [6.45, 7) is 5.83. The Kier molecular flexibility index (Phi) is 5.88. The topological polar surface area (TPSA) is 96.7 Å². The second kappa shape index (κ2) is 8.91. The lowest BCUT2D eigenvalue weighted by atomic mass is 10.2. The number of anilines is 2. The average molecular weight is 420 g/mol. The van der Waals surface area contributed by atoms with Gasteiger partial charge in [0.15, 0.2) is 0 Å². The van der Waals surface area contributed by atoms with Crippen LogP contribution in [-0.2, 0) is 11.4 Å². The van der Waals surface area contributed by atoms with E-state index in [1.807, 2.05) is 43.0 Å². The van der Waals surface area contributed by atoms with Gasteiger partial charge in [0.05, 0.1) is 17.8 Å². The van der Waals surface area contributed by atoms with Crippen LogP contribution in [0, 0.1) is 13.8 Å². The van der Waals surface area contributed by atoms with Gasteiger partial charge in [-0.3, -0.25) is 9.59 Å². The van der Waals surface area contributed by atoms with E-state index in [1.165, 1.54) is 0 Å². The number of hydrogen-bond acceptors (Lipinski definition) is 6. The number of amides is 2. The Bertz CT molecular complexity index is 1050. The number of rotatable bonds is 6. The number of carbonyl (C=O) groups is 2. The van der Waals surface area contributed by atoms with Gasteiger partial charge in [0.25, 0.3) is 5.91 Å². The predicted molar refractivity (Wildman–Crippen MR) is 116 cm³/mol. The first kappa shape index (κ1) is 20.5. The van der Waals surface area contributed by atoms with Crippen molar-refractivity contribution in [3.63, 3.8) is 0 Å². The van der Waals surface area contributed by atoms with Crippen LogP contribution in [0.4, 0.5) is 11.4 Å². The molecule has 2 heterocycles. The summed E-state index contributed by atoms with van der Waals surface area (Å²) in [5.74, 6) is 1.21. The Hall–Kier alpha value is -3.81. The Balaban J connectivity index is 1.33. The van der Waals surface area contributed by atoms with Gasteiger partial charge in [-0.2, -0.15) is 0 Å². The Morgan fingerprint density at radius 3 is 2.55 bits per heavy atom. The van der Waals surface area contributed by atoms with Gasteiger partial charge in [0, 0.05) is 30.0 Å². The summed E-state index contributed by atoms with van der Waals surface area (Å²) in [6.07, 6.45) is 0. The van der Waals surface area contributed by atoms with E-state index >= 15 is 0 Å². The van der Waals surface area contributed by atoms with E-state index in [0.717, 1.165) is 29.2 Å². The standard InChI is InChI=1S/C23H24N4O4/c1-15-21(16(2)31-26-15)14-30-20-9-3-17(4-10-20)23(29)25-18-5-7-19(8-6-18)27-12-11-24-22(28)13-27/h3-10H,11-14H2,1-2H3,(H,24,28)(H,25,29). The van der Waals surface area contributed by atoms with Gasteiger partial charge in [-0.05, 0) is 62.4 Å². The van der Waals surface area contributed by atoms with Crippen LogP contribution in [-0.4, -0.2) is 36.6 Å². The van der Waals surface area contributed by atoms with E-state index in [9.17, 15) is 9.59 Å². The van der Waals surface area contributed by atoms with Crippen molar-refractivity contribution in [3.05, 3.63) is 71.1 Å². The first-order valence-electron chi connectivity index (χ1n) is 10.1. The highest BCUT2D eigenvalue weighted by molar-refractivity contribution is 6.04. The Morgan fingerprint density at radius 1 is 1.16 bits per heavy atom. The number of ether oxygens (including phenoxy) is 1. The van der Waals surface area contributed by atoms with E-state index in [4.69, 9.17) is 9.26 Å². The monoisotopic (exact) mass is 420 g/mol. The van der Waals surface area contributed by atoms with Gasteiger partial charge in [0.2, 0.25) is 5.91 Å². The van der Waals surface area contributed by atoms with E-state index in [2.05, 4.69) is 15.8 Å². The van der Waals surface area contributed by atoms with E-state index in [1.54, 1.807) is 24.3 Å². The zero-order valence-electron chi connectivity index (χ0n) is 17.5. The number of nitrogens with zero attached hydrogens (tertiary/aromatic N) is 2. The molecule has 1 fully saturated rings. The molecule has 1 aliphatic heterocycles. The lowest BCUT2D eigenvalue weighted by Crippen LogP contribution is -2.47. The molecule has 0 saturated carbocycles. The first-order chi connectivity index (χ1) is 15.0. The van der Waals surface area contributed by atoms with Crippen molar-refractivity contribution in [2.75, 3.05) is 29.9 Å². The minimum Gasteiger partial charge on any atom is -0.489 e. The predicted octanol–water partition coefficient (Wildman–Crippen LogP) is 3.06. The molecule has 0 unspecified atom stereocenters. The normalized spacial score (nSPS) is 13.6. The maximum Gasteiger partial charge on any atom is 0.255 e. The van der Waals surface area contributed by atoms with Crippen LogP contribution in [0.15, 0.2) is 53.1 Å². The SMILES string of the molecule is Cc1noc(C)c1COc1ccc(C(=O)Nc2ccc(N3CCNC(=O)C3)cc2)cc1. The minimum atomic E-state index is -0.206. The lowest BCUT2D eigenvalue weighted by Gasteiger charge is -2.28. The molecule has 2 amide bonds. The van der Waals surface area contributed by atoms with Crippen LogP contribution in [0.25, 0.3) is 0 Å². The van der Waals surface area contributed by atoms with Gasteiger partial charge in [-0.25, -0.2) is 0 Å². The molecule has 4 rings (SSSR count). The fourth-order valence-corrected chi connectivity index (χ4v) is 3.38. The molecule has 1 saturated heterocycles. The third-order valence-electron chi connectivity index (χ3n) is 5.21. The molecule has 0 aliphatic carbocycles. The fraction of sp³-hybridized carbons (Fsp3) is 0.261. The van der Waals surface area contributed by atoms with Crippen LogP contribution in [0.5, 0.6) is 5.75 Å². The molecule has 1 aromatic heterocycles. The van der Waals surface area contributed by atoms with Crippen LogP contribution < -0.4 is 20.3 Å². The summed E-state index contributed by atoms with van der Waals surface area (Å²) in [5, 5.41) is 9.61. The van der Waals surface area contributed by atoms with Crippen molar-refractivity contribution >= 4 is 23.2 Å². The molecule has 0 atom stereocenters. The van der Waals surface area contributed by atoms with Crippen molar-refractivity contribution in [3.8, 4) is 5.75 Å². The van der Waals surface area contributed by atoms with Gasteiger partial charge in [-0.15, -0.1) is 0 Å². The van der Waals surface area contributed by atoms with Crippen molar-refractivity contribution in [2.45, 2.75) is 20.5 Å². The van der Waals surface area contributed by atoms with Crippen molar-refractivity contribution in [1.29, 1.82) is 0 Å². The smallest absolute Gasteiger partial charge is 0.255 e. The first-order valence-corrected chi connectivity index (χ1v) is 10.1. The molecule has 8 nitrogen and oxygen atoms in total. The van der Waals surface area contributed by atoms with Crippen molar-refractivity contribution < 1.29 is 18.8 Å². The number of hydrogen-bond donors (Lipinski definition) is 2. The van der Waals surface area contributed by atoms with Crippen molar-refractivity contribution in [1.82, 2.24) is 10.5 Å². The molecule has 0 radical (unpaired) electrons. The molecule has 8 heteroatoms. The molecule has 1 aliphatic rings. The van der Waals surface area contributed by atoms with Crippen LogP contribution in [0.3, 0.4) is 0 Å². The number of benzene rings is 2. The summed E-state index contributed by atoms with van der Waals surface area (Å²) in [4.78, 5) is 26.1. The van der Waals surface area contributed by atoms with Gasteiger partial charge in [-0.1, -0.05) is 5.16 Å². The maximum atomic E-state index is 12.6. The number of carbonyl (C=O) groups excluding carboxylic acids is 2. The van der Waals surface area contributed by atoms with Crippen LogP contribution in [0.2, 0.25) is 0 Å². The third-order valence-corrected chi connectivity index (χ3v) is 5.21. The summed E-state index contributed by atoms with van der Waals surface area (Å²) in [5.41, 5.74) is 3.90. The highest BCUT2D eigenvalue weighted by atomic mass is 16.5. The Labute approximate surface area is 180 Å². The zero-order chi connectivity index (χ0) is 21.8. The summed E-state index contributed by atoms with van der Waals surface area (Å²) in [7, 11) is 0. The minimum absolute atomic E-state index is 0.0164. The van der Waals surface area contributed by atoms with E-state index < -0.39 is 0 Å². The number of aryl methyl sites for hydroxylation is 2. The number of piperazine rings is 1. The van der Waals surface area contributed by atoms with Crippen molar-refractivity contribution in [2.24, 2.45) is 0 Å². The largest absolute Gasteiger partial charge is 0.489 e. The zero-order valence-corrected chi connectivity index (χ0v) is 17.5. The van der Waals surface area contributed by atoms with Gasteiger partial charge >= 0.3 is 0 Å². The molecule has 2 aromatic carbocycles. The van der Waals surface area contributed by atoms with Gasteiger partial charge in [0.1, 0.15) is 18.1 Å². The van der Waals surface area contributed by atoms with Crippen LogP contribution in [0.1, 0.15) is 27.4 Å². The summed E-state index contributed by atoms with van der Waals surface area (Å²) >= 11 is 0. The third kappa shape index (κ3) is 4.85. The van der Waals surface area contributed by atoms with Crippen LogP contribution >= 0.6 is 0 Å². The summed E-state index contributed by atoms with van der Waals surface area (Å²) in [6, 6.07) is 14.4. The highest BCUT2D eigenvalue weighted by Crippen LogP contribution is 2.21. The molecule has 0 bridgehead atoms. The second-order valence-electron chi connectivity index (χ2n) is 7.39. The summed E-state index contributed by atoms with van der Waals surface area (Å²) < 4.78 is 10.9. The molecule has 160 valence electrons. The molecule has 0 spiro atoms. The highest BCUT2D eigenvalue weighted by Gasteiger charge is 2.16. The molecular formula is C23H24N4O4. The van der Waals surface area contributed by atoms with E-state index in [-0.39, 0.29) is 11.8 Å². The van der Waals surface area contributed by atoms with E-state index in [0.29, 0.717) is 36.7 Å². The lowest BCUT2D eigenvalue weighted by molar-refractivity contribution is -0.120. The Morgan fingerprint density at radius 2 is 1.90 bits per heavy atom. The van der Waals surface area contributed by atoms with Gasteiger partial charge < -0.3 is 24.8 Å². The quantitative estimate of drug-likeness (QED) is 0.636. The average Bonchev–Trinajstić information content (AvgIpc) is 3.10. The second-order valence-corrected chi connectivity index (χ2v) is 7.39. The molecule has 31 heavy (non-hydrogen) atoms. The molecular weight excluding hydrogens is 396 g/mol. The number of nitrogens with one attached hydrogen (secondary N) is 2. The number of aromatic nitrogens is 1. The molecule has 3 aromatic rings.